The first-order chi connectivity index (χ1) is 13.2. The first-order valence-electron chi connectivity index (χ1n) is 8.64. The summed E-state index contributed by atoms with van der Waals surface area (Å²) < 4.78 is 5.45. The average molecular weight is 360 g/mol. The molecule has 136 valence electrons. The summed E-state index contributed by atoms with van der Waals surface area (Å²) in [6.07, 6.45) is 4.23. The second kappa shape index (κ2) is 8.76. The quantitative estimate of drug-likeness (QED) is 0.651. The molecule has 2 aromatic carbocycles. The van der Waals surface area contributed by atoms with E-state index < -0.39 is 0 Å². The number of carbonyl (C=O) groups is 2. The van der Waals surface area contributed by atoms with Gasteiger partial charge in [0.05, 0.1) is 11.6 Å². The minimum absolute atomic E-state index is 0.149. The number of hydrogen-bond acceptors (Lipinski definition) is 4. The summed E-state index contributed by atoms with van der Waals surface area (Å²) in [6.45, 7) is 1.77. The van der Waals surface area contributed by atoms with Gasteiger partial charge in [-0.1, -0.05) is 36.4 Å². The minimum Gasteiger partial charge on any atom is -0.483 e. The SMILES string of the molecule is CC(NC(=O)COc1ccccc1C=O)c1ccc(-c2ccncc2)cc1. The summed E-state index contributed by atoms with van der Waals surface area (Å²) in [5.74, 6) is 0.151. The van der Waals surface area contributed by atoms with Crippen molar-refractivity contribution in [2.45, 2.75) is 13.0 Å². The summed E-state index contributed by atoms with van der Waals surface area (Å²) >= 11 is 0. The van der Waals surface area contributed by atoms with Crippen LogP contribution in [-0.4, -0.2) is 23.8 Å². The van der Waals surface area contributed by atoms with E-state index in [0.29, 0.717) is 17.6 Å². The van der Waals surface area contributed by atoms with Gasteiger partial charge in [-0.05, 0) is 47.9 Å². The molecule has 0 saturated heterocycles. The third kappa shape index (κ3) is 4.79. The van der Waals surface area contributed by atoms with Crippen molar-refractivity contribution in [1.29, 1.82) is 0 Å². The Hall–Kier alpha value is -3.47. The second-order valence-electron chi connectivity index (χ2n) is 6.09. The number of aldehydes is 1. The van der Waals surface area contributed by atoms with E-state index in [9.17, 15) is 9.59 Å². The number of para-hydroxylation sites is 1. The summed E-state index contributed by atoms with van der Waals surface area (Å²) in [6, 6.07) is 18.6. The highest BCUT2D eigenvalue weighted by molar-refractivity contribution is 5.81. The van der Waals surface area contributed by atoms with Gasteiger partial charge in [-0.2, -0.15) is 0 Å². The summed E-state index contributed by atoms with van der Waals surface area (Å²) in [5.41, 5.74) is 3.60. The summed E-state index contributed by atoms with van der Waals surface area (Å²) in [5, 5.41) is 2.90. The van der Waals surface area contributed by atoms with Crippen molar-refractivity contribution in [2.75, 3.05) is 6.61 Å². The fourth-order valence-corrected chi connectivity index (χ4v) is 2.73. The lowest BCUT2D eigenvalue weighted by Crippen LogP contribution is -2.31. The lowest BCUT2D eigenvalue weighted by atomic mass is 10.0. The standard InChI is InChI=1S/C22H20N2O3/c1-16(17-6-8-18(9-7-17)19-10-12-23-13-11-19)24-22(26)15-27-21-5-3-2-4-20(21)14-25/h2-14,16H,15H2,1H3,(H,24,26). The minimum atomic E-state index is -0.249. The Morgan fingerprint density at radius 2 is 1.70 bits per heavy atom. The fraction of sp³-hybridized carbons (Fsp3) is 0.136. The van der Waals surface area contributed by atoms with Crippen LogP contribution >= 0.6 is 0 Å². The maximum absolute atomic E-state index is 12.2. The molecule has 5 heteroatoms. The van der Waals surface area contributed by atoms with Gasteiger partial charge < -0.3 is 10.1 Å². The van der Waals surface area contributed by atoms with Crippen LogP contribution in [0.3, 0.4) is 0 Å². The van der Waals surface area contributed by atoms with Crippen LogP contribution in [-0.2, 0) is 4.79 Å². The molecule has 0 radical (unpaired) electrons. The van der Waals surface area contributed by atoms with Crippen molar-refractivity contribution in [1.82, 2.24) is 10.3 Å². The summed E-state index contributed by atoms with van der Waals surface area (Å²) in [7, 11) is 0. The Labute approximate surface area is 158 Å². The molecule has 0 aliphatic carbocycles. The number of nitrogens with one attached hydrogen (secondary N) is 1. The monoisotopic (exact) mass is 360 g/mol. The smallest absolute Gasteiger partial charge is 0.258 e. The van der Waals surface area contributed by atoms with E-state index in [-0.39, 0.29) is 18.6 Å². The predicted octanol–water partition coefficient (Wildman–Crippen LogP) is 3.82. The van der Waals surface area contributed by atoms with Crippen LogP contribution in [0.1, 0.15) is 28.9 Å². The molecule has 0 aliphatic heterocycles. The Morgan fingerprint density at radius 3 is 2.41 bits per heavy atom. The van der Waals surface area contributed by atoms with E-state index >= 15 is 0 Å². The van der Waals surface area contributed by atoms with Gasteiger partial charge >= 0.3 is 0 Å². The molecule has 5 nitrogen and oxygen atoms in total. The third-order valence-corrected chi connectivity index (χ3v) is 4.21. The van der Waals surface area contributed by atoms with Crippen molar-refractivity contribution in [3.63, 3.8) is 0 Å². The van der Waals surface area contributed by atoms with Gasteiger partial charge in [-0.25, -0.2) is 0 Å². The van der Waals surface area contributed by atoms with Crippen LogP contribution in [0.5, 0.6) is 5.75 Å². The van der Waals surface area contributed by atoms with E-state index in [1.54, 1.807) is 36.7 Å². The molecule has 0 fully saturated rings. The molecular formula is C22H20N2O3. The van der Waals surface area contributed by atoms with Gasteiger partial charge in [-0.15, -0.1) is 0 Å². The van der Waals surface area contributed by atoms with Gasteiger partial charge in [0.25, 0.3) is 5.91 Å². The highest BCUT2D eigenvalue weighted by Gasteiger charge is 2.11. The van der Waals surface area contributed by atoms with Crippen molar-refractivity contribution in [3.8, 4) is 16.9 Å². The molecule has 27 heavy (non-hydrogen) atoms. The van der Waals surface area contributed by atoms with E-state index in [1.807, 2.05) is 43.3 Å². The molecule has 3 aromatic rings. The largest absolute Gasteiger partial charge is 0.483 e. The Bertz CT molecular complexity index is 908. The third-order valence-electron chi connectivity index (χ3n) is 4.21. The van der Waals surface area contributed by atoms with Gasteiger partial charge in [-0.3, -0.25) is 14.6 Å². The second-order valence-corrected chi connectivity index (χ2v) is 6.09. The molecular weight excluding hydrogens is 340 g/mol. The van der Waals surface area contributed by atoms with E-state index in [4.69, 9.17) is 4.74 Å². The normalized spacial score (nSPS) is 11.4. The molecule has 1 N–H and O–H groups in total. The van der Waals surface area contributed by atoms with E-state index in [1.165, 1.54) is 0 Å². The molecule has 1 aromatic heterocycles. The summed E-state index contributed by atoms with van der Waals surface area (Å²) in [4.78, 5) is 27.2. The van der Waals surface area contributed by atoms with Gasteiger partial charge in [0.1, 0.15) is 5.75 Å². The van der Waals surface area contributed by atoms with E-state index in [0.717, 1.165) is 16.7 Å². The topological polar surface area (TPSA) is 68.3 Å². The lowest BCUT2D eigenvalue weighted by Gasteiger charge is -2.15. The van der Waals surface area contributed by atoms with Crippen molar-refractivity contribution in [2.24, 2.45) is 0 Å². The number of nitrogens with zero attached hydrogens (tertiary/aromatic N) is 1. The lowest BCUT2D eigenvalue weighted by molar-refractivity contribution is -0.123. The molecule has 0 bridgehead atoms. The zero-order valence-electron chi connectivity index (χ0n) is 15.0. The number of rotatable bonds is 7. The molecule has 0 spiro atoms. The van der Waals surface area contributed by atoms with Gasteiger partial charge in [0, 0.05) is 12.4 Å². The van der Waals surface area contributed by atoms with Crippen LogP contribution in [0.15, 0.2) is 73.1 Å². The molecule has 3 rings (SSSR count). The number of carbonyl (C=O) groups excluding carboxylic acids is 2. The number of pyridine rings is 1. The molecule has 1 atom stereocenters. The fourth-order valence-electron chi connectivity index (χ4n) is 2.73. The van der Waals surface area contributed by atoms with Crippen LogP contribution in [0.2, 0.25) is 0 Å². The van der Waals surface area contributed by atoms with E-state index in [2.05, 4.69) is 10.3 Å². The van der Waals surface area contributed by atoms with Crippen molar-refractivity contribution >= 4 is 12.2 Å². The van der Waals surface area contributed by atoms with Crippen LogP contribution in [0, 0.1) is 0 Å². The molecule has 1 heterocycles. The number of ether oxygens (including phenoxy) is 1. The van der Waals surface area contributed by atoms with Crippen molar-refractivity contribution < 1.29 is 14.3 Å². The van der Waals surface area contributed by atoms with Gasteiger partial charge in [0.15, 0.2) is 12.9 Å². The molecule has 0 aliphatic rings. The Kier molecular flexibility index (Phi) is 5.94. The zero-order valence-corrected chi connectivity index (χ0v) is 15.0. The first-order valence-corrected chi connectivity index (χ1v) is 8.64. The molecule has 1 amide bonds. The van der Waals surface area contributed by atoms with Crippen molar-refractivity contribution in [3.05, 3.63) is 84.2 Å². The van der Waals surface area contributed by atoms with Crippen LogP contribution < -0.4 is 10.1 Å². The average Bonchev–Trinajstić information content (AvgIpc) is 2.73. The zero-order chi connectivity index (χ0) is 19.1. The highest BCUT2D eigenvalue weighted by atomic mass is 16.5. The Morgan fingerprint density at radius 1 is 1.04 bits per heavy atom. The number of amides is 1. The number of benzene rings is 2. The number of hydrogen-bond donors (Lipinski definition) is 1. The number of aromatic nitrogens is 1. The maximum Gasteiger partial charge on any atom is 0.258 e. The highest BCUT2D eigenvalue weighted by Crippen LogP contribution is 2.21. The Balaban J connectivity index is 1.57. The van der Waals surface area contributed by atoms with Crippen LogP contribution in [0.25, 0.3) is 11.1 Å². The van der Waals surface area contributed by atoms with Crippen LogP contribution in [0.4, 0.5) is 0 Å². The van der Waals surface area contributed by atoms with Gasteiger partial charge in [0.2, 0.25) is 0 Å². The predicted molar refractivity (Wildman–Crippen MR) is 104 cm³/mol. The molecule has 0 saturated carbocycles. The maximum atomic E-state index is 12.2. The first kappa shape index (κ1) is 18.3. The molecule has 1 unspecified atom stereocenters.